The van der Waals surface area contributed by atoms with Gasteiger partial charge in [0.25, 0.3) is 0 Å². The molecular weight excluding hydrogens is 266 g/mol. The van der Waals surface area contributed by atoms with E-state index in [-0.39, 0.29) is 0 Å². The molecule has 0 unspecified atom stereocenters. The molecule has 3 rings (SSSR count). The first-order valence-corrected chi connectivity index (χ1v) is 7.35. The summed E-state index contributed by atoms with van der Waals surface area (Å²) in [7, 11) is 0. The Morgan fingerprint density at radius 3 is 2.90 bits per heavy atom. The number of hydrogen-bond donors (Lipinski definition) is 1. The zero-order valence-electron chi connectivity index (χ0n) is 11.2. The van der Waals surface area contributed by atoms with E-state index in [4.69, 9.17) is 0 Å². The van der Waals surface area contributed by atoms with Gasteiger partial charge in [-0.3, -0.25) is 4.98 Å². The Labute approximate surface area is 122 Å². The molecule has 2 heterocycles. The first kappa shape index (κ1) is 12.8. The molecule has 0 saturated carbocycles. The van der Waals surface area contributed by atoms with Gasteiger partial charge in [-0.15, -0.1) is 11.3 Å². The number of rotatable bonds is 4. The fourth-order valence-electron chi connectivity index (χ4n) is 1.94. The number of nitrogens with one attached hydrogen (secondary N) is 1. The standard InChI is InChI=1S/C16H15N3S/c1-12-5-4-6-13(9-12)18-10-14-11-20-16(19-14)15-7-2-3-8-17-15/h2-9,11,18H,10H2,1H3. The number of nitrogens with zero attached hydrogens (tertiary/aromatic N) is 2. The van der Waals surface area contributed by atoms with Gasteiger partial charge >= 0.3 is 0 Å². The van der Waals surface area contributed by atoms with Crippen LogP contribution in [0.15, 0.2) is 54.0 Å². The normalized spacial score (nSPS) is 10.4. The first-order chi connectivity index (χ1) is 9.81. The smallest absolute Gasteiger partial charge is 0.142 e. The van der Waals surface area contributed by atoms with Crippen molar-refractivity contribution in [2.24, 2.45) is 0 Å². The van der Waals surface area contributed by atoms with Crippen LogP contribution < -0.4 is 5.32 Å². The van der Waals surface area contributed by atoms with Gasteiger partial charge in [0.15, 0.2) is 0 Å². The molecule has 3 nitrogen and oxygen atoms in total. The molecule has 0 amide bonds. The van der Waals surface area contributed by atoms with E-state index < -0.39 is 0 Å². The van der Waals surface area contributed by atoms with Gasteiger partial charge in [-0.25, -0.2) is 4.98 Å². The molecule has 0 aliphatic heterocycles. The minimum absolute atomic E-state index is 0.729. The summed E-state index contributed by atoms with van der Waals surface area (Å²) in [4.78, 5) is 8.93. The summed E-state index contributed by atoms with van der Waals surface area (Å²) in [6, 6.07) is 14.2. The minimum Gasteiger partial charge on any atom is -0.379 e. The van der Waals surface area contributed by atoms with Crippen molar-refractivity contribution in [1.82, 2.24) is 9.97 Å². The van der Waals surface area contributed by atoms with E-state index in [2.05, 4.69) is 51.9 Å². The molecule has 100 valence electrons. The Morgan fingerprint density at radius 1 is 1.15 bits per heavy atom. The monoisotopic (exact) mass is 281 g/mol. The summed E-state index contributed by atoms with van der Waals surface area (Å²) in [5, 5.41) is 6.43. The highest BCUT2D eigenvalue weighted by atomic mass is 32.1. The molecule has 0 radical (unpaired) electrons. The van der Waals surface area contributed by atoms with E-state index >= 15 is 0 Å². The molecule has 2 aromatic heterocycles. The Hall–Kier alpha value is -2.20. The van der Waals surface area contributed by atoms with Gasteiger partial charge < -0.3 is 5.32 Å². The molecule has 4 heteroatoms. The Kier molecular flexibility index (Phi) is 3.74. The maximum atomic E-state index is 4.61. The van der Waals surface area contributed by atoms with Crippen molar-refractivity contribution in [3.63, 3.8) is 0 Å². The molecule has 3 aromatic rings. The van der Waals surface area contributed by atoms with Crippen LogP contribution in [0.4, 0.5) is 5.69 Å². The van der Waals surface area contributed by atoms with Crippen LogP contribution in [0, 0.1) is 6.92 Å². The lowest BCUT2D eigenvalue weighted by Crippen LogP contribution is -1.99. The van der Waals surface area contributed by atoms with Crippen molar-refractivity contribution < 1.29 is 0 Å². The number of aromatic nitrogens is 2. The third-order valence-corrected chi connectivity index (χ3v) is 3.84. The van der Waals surface area contributed by atoms with Crippen molar-refractivity contribution >= 4 is 17.0 Å². The van der Waals surface area contributed by atoms with Gasteiger partial charge in [0.05, 0.1) is 17.9 Å². The lowest BCUT2D eigenvalue weighted by molar-refractivity contribution is 1.07. The average Bonchev–Trinajstić information content (AvgIpc) is 2.95. The van der Waals surface area contributed by atoms with E-state index in [9.17, 15) is 0 Å². The van der Waals surface area contributed by atoms with Crippen LogP contribution in [0.25, 0.3) is 10.7 Å². The fraction of sp³-hybridized carbons (Fsp3) is 0.125. The van der Waals surface area contributed by atoms with Crippen LogP contribution in [0.2, 0.25) is 0 Å². The predicted molar refractivity (Wildman–Crippen MR) is 83.9 cm³/mol. The van der Waals surface area contributed by atoms with Crippen molar-refractivity contribution in [3.8, 4) is 10.7 Å². The fourth-order valence-corrected chi connectivity index (χ4v) is 2.74. The average molecular weight is 281 g/mol. The minimum atomic E-state index is 0.729. The second kappa shape index (κ2) is 5.84. The Balaban J connectivity index is 1.69. The van der Waals surface area contributed by atoms with Crippen molar-refractivity contribution in [3.05, 3.63) is 65.3 Å². The third kappa shape index (κ3) is 3.03. The van der Waals surface area contributed by atoms with Gasteiger partial charge in [0.2, 0.25) is 0 Å². The number of hydrogen-bond acceptors (Lipinski definition) is 4. The topological polar surface area (TPSA) is 37.8 Å². The lowest BCUT2D eigenvalue weighted by Gasteiger charge is -2.04. The summed E-state index contributed by atoms with van der Waals surface area (Å²) in [5.41, 5.74) is 4.34. The van der Waals surface area contributed by atoms with Gasteiger partial charge in [-0.1, -0.05) is 18.2 Å². The largest absolute Gasteiger partial charge is 0.379 e. The van der Waals surface area contributed by atoms with E-state index in [0.29, 0.717) is 0 Å². The summed E-state index contributed by atoms with van der Waals surface area (Å²) >= 11 is 1.63. The highest BCUT2D eigenvalue weighted by molar-refractivity contribution is 7.13. The van der Waals surface area contributed by atoms with Crippen LogP contribution in [-0.2, 0) is 6.54 Å². The van der Waals surface area contributed by atoms with Gasteiger partial charge in [0.1, 0.15) is 5.01 Å². The second-order valence-corrected chi connectivity index (χ2v) is 5.44. The van der Waals surface area contributed by atoms with E-state index in [0.717, 1.165) is 28.6 Å². The summed E-state index contributed by atoms with van der Waals surface area (Å²) in [6.45, 7) is 2.82. The summed E-state index contributed by atoms with van der Waals surface area (Å²) in [5.74, 6) is 0. The van der Waals surface area contributed by atoms with E-state index in [1.54, 1.807) is 17.5 Å². The number of pyridine rings is 1. The third-order valence-electron chi connectivity index (χ3n) is 2.93. The molecular formula is C16H15N3S. The van der Waals surface area contributed by atoms with Gasteiger partial charge in [0, 0.05) is 17.3 Å². The second-order valence-electron chi connectivity index (χ2n) is 4.58. The molecule has 0 fully saturated rings. The highest BCUT2D eigenvalue weighted by Crippen LogP contribution is 2.22. The van der Waals surface area contributed by atoms with Crippen molar-refractivity contribution in [2.45, 2.75) is 13.5 Å². The number of benzene rings is 1. The van der Waals surface area contributed by atoms with Crippen LogP contribution in [0.5, 0.6) is 0 Å². The lowest BCUT2D eigenvalue weighted by atomic mass is 10.2. The zero-order valence-corrected chi connectivity index (χ0v) is 12.0. The van der Waals surface area contributed by atoms with Crippen LogP contribution >= 0.6 is 11.3 Å². The maximum Gasteiger partial charge on any atom is 0.142 e. The molecule has 0 spiro atoms. The SMILES string of the molecule is Cc1cccc(NCc2csc(-c3ccccn3)n2)c1. The predicted octanol–water partition coefficient (Wildman–Crippen LogP) is 4.13. The first-order valence-electron chi connectivity index (χ1n) is 6.47. The van der Waals surface area contributed by atoms with Gasteiger partial charge in [-0.2, -0.15) is 0 Å². The van der Waals surface area contributed by atoms with Crippen LogP contribution in [0.1, 0.15) is 11.3 Å². The van der Waals surface area contributed by atoms with Crippen molar-refractivity contribution in [1.29, 1.82) is 0 Å². The number of thiazole rings is 1. The molecule has 0 atom stereocenters. The Morgan fingerprint density at radius 2 is 2.10 bits per heavy atom. The summed E-state index contributed by atoms with van der Waals surface area (Å²) < 4.78 is 0. The van der Waals surface area contributed by atoms with Crippen molar-refractivity contribution in [2.75, 3.05) is 5.32 Å². The molecule has 1 aromatic carbocycles. The molecule has 1 N–H and O–H groups in total. The van der Waals surface area contributed by atoms with Gasteiger partial charge in [-0.05, 0) is 36.8 Å². The van der Waals surface area contributed by atoms with Crippen LogP contribution in [0.3, 0.4) is 0 Å². The molecule has 0 aliphatic rings. The molecule has 0 bridgehead atoms. The van der Waals surface area contributed by atoms with E-state index in [1.165, 1.54) is 5.56 Å². The molecule has 0 saturated heterocycles. The zero-order chi connectivity index (χ0) is 13.8. The molecule has 0 aliphatic carbocycles. The number of aryl methyl sites for hydroxylation is 1. The molecule has 20 heavy (non-hydrogen) atoms. The summed E-state index contributed by atoms with van der Waals surface area (Å²) in [6.07, 6.45) is 1.79. The van der Waals surface area contributed by atoms with Crippen LogP contribution in [-0.4, -0.2) is 9.97 Å². The quantitative estimate of drug-likeness (QED) is 0.781. The van der Waals surface area contributed by atoms with E-state index in [1.807, 2.05) is 18.2 Å². The Bertz CT molecular complexity index is 692. The highest BCUT2D eigenvalue weighted by Gasteiger charge is 2.05. The maximum absolute atomic E-state index is 4.61. The number of anilines is 1.